The van der Waals surface area contributed by atoms with Crippen LogP contribution in [0.15, 0.2) is 91.0 Å². The summed E-state index contributed by atoms with van der Waals surface area (Å²) in [5, 5.41) is 3.56. The number of benzene rings is 4. The molecule has 0 saturated carbocycles. The van der Waals surface area contributed by atoms with Crippen LogP contribution >= 0.6 is 0 Å². The molecule has 2 unspecified atom stereocenters. The SMILES string of the molecule is CC(C)(C)C.CC(C)C.CC(C)C.CCCC(c1ccccc1)c1cc(C)ccc1C.Cc1ccc(C(CCNC(C)C)c2cc(C)ccc2C)cc1. The Bertz CT molecular complexity index is 1470. The van der Waals surface area contributed by atoms with Gasteiger partial charge < -0.3 is 5.32 Å². The highest BCUT2D eigenvalue weighted by molar-refractivity contribution is 5.41. The minimum absolute atomic E-state index is 0.465. The molecule has 296 valence electrons. The van der Waals surface area contributed by atoms with Gasteiger partial charge in [0.05, 0.1) is 0 Å². The Morgan fingerprint density at radius 3 is 1.23 bits per heavy atom. The third-order valence-corrected chi connectivity index (χ3v) is 7.86. The number of nitrogens with one attached hydrogen (secondary N) is 1. The maximum absolute atomic E-state index is 3.56. The summed E-state index contributed by atoms with van der Waals surface area (Å²) in [6, 6.07) is 34.1. The molecule has 0 aliphatic carbocycles. The zero-order valence-corrected chi connectivity index (χ0v) is 37.9. The van der Waals surface area contributed by atoms with Gasteiger partial charge in [-0.3, -0.25) is 0 Å². The van der Waals surface area contributed by atoms with E-state index in [9.17, 15) is 0 Å². The van der Waals surface area contributed by atoms with Crippen LogP contribution in [0.1, 0.15) is 171 Å². The zero-order valence-electron chi connectivity index (χ0n) is 37.9. The monoisotopic (exact) mass is 722 g/mol. The van der Waals surface area contributed by atoms with Crippen molar-refractivity contribution >= 4 is 0 Å². The predicted molar refractivity (Wildman–Crippen MR) is 242 cm³/mol. The van der Waals surface area contributed by atoms with Crippen LogP contribution in [0.2, 0.25) is 0 Å². The third-order valence-electron chi connectivity index (χ3n) is 7.86. The van der Waals surface area contributed by atoms with Crippen molar-refractivity contribution in [2.45, 2.75) is 162 Å². The first-order chi connectivity index (χ1) is 24.7. The van der Waals surface area contributed by atoms with Gasteiger partial charge >= 0.3 is 0 Å². The lowest BCUT2D eigenvalue weighted by Gasteiger charge is -2.22. The van der Waals surface area contributed by atoms with Gasteiger partial charge in [0.15, 0.2) is 0 Å². The lowest BCUT2D eigenvalue weighted by atomic mass is 9.84. The Morgan fingerprint density at radius 1 is 0.491 bits per heavy atom. The molecule has 0 spiro atoms. The number of rotatable bonds is 10. The summed E-state index contributed by atoms with van der Waals surface area (Å²) in [5.74, 6) is 2.67. The first kappa shape index (κ1) is 49.8. The van der Waals surface area contributed by atoms with Crippen LogP contribution in [0.4, 0.5) is 0 Å². The first-order valence-corrected chi connectivity index (χ1v) is 20.6. The van der Waals surface area contributed by atoms with Crippen LogP contribution in [-0.4, -0.2) is 12.6 Å². The van der Waals surface area contributed by atoms with Gasteiger partial charge in [-0.15, -0.1) is 0 Å². The predicted octanol–water partition coefficient (Wildman–Crippen LogP) is 15.7. The molecule has 1 heteroatoms. The van der Waals surface area contributed by atoms with E-state index in [1.165, 1.54) is 62.9 Å². The standard InChI is InChI=1S/C21H29N.C18H22.C5H12.2C4H10/c1-15(2)22-13-12-20(19-10-7-16(3)8-11-19)21-14-17(4)6-9-18(21)5;1-4-8-17(16-9-6-5-7-10-16)18-13-14(2)11-12-15(18)3;1-5(2,3)4;2*1-4(2)3/h6-11,14-15,20,22H,12-13H2,1-5H3;5-7,9-13,17H,4,8H2,1-3H3;1-4H3;2*4H,1-3H3. The molecule has 0 heterocycles. The summed E-state index contributed by atoms with van der Waals surface area (Å²) in [5.41, 5.74) is 13.1. The fourth-order valence-electron chi connectivity index (χ4n) is 5.56. The highest BCUT2D eigenvalue weighted by Gasteiger charge is 2.17. The molecule has 0 fully saturated rings. The van der Waals surface area contributed by atoms with Crippen molar-refractivity contribution in [2.24, 2.45) is 17.3 Å². The van der Waals surface area contributed by atoms with Gasteiger partial charge in [0.1, 0.15) is 0 Å². The molecule has 2 atom stereocenters. The Labute approximate surface area is 330 Å². The van der Waals surface area contributed by atoms with Crippen molar-refractivity contribution < 1.29 is 0 Å². The summed E-state index contributed by atoms with van der Waals surface area (Å²) in [7, 11) is 0. The summed E-state index contributed by atoms with van der Waals surface area (Å²) in [6.07, 6.45) is 3.56. The van der Waals surface area contributed by atoms with E-state index in [0.29, 0.717) is 23.3 Å². The van der Waals surface area contributed by atoms with Gasteiger partial charge in [-0.2, -0.15) is 0 Å². The smallest absolute Gasteiger partial charge is 0.0104 e. The summed E-state index contributed by atoms with van der Waals surface area (Å²) < 4.78 is 0. The Kier molecular flexibility index (Phi) is 25.0. The minimum Gasteiger partial charge on any atom is -0.314 e. The van der Waals surface area contributed by atoms with E-state index < -0.39 is 0 Å². The molecule has 4 aromatic rings. The fraction of sp³-hybridized carbons (Fsp3) is 0.538. The van der Waals surface area contributed by atoms with Crippen LogP contribution in [0.5, 0.6) is 0 Å². The van der Waals surface area contributed by atoms with E-state index >= 15 is 0 Å². The lowest BCUT2D eigenvalue weighted by Crippen LogP contribution is -2.25. The minimum atomic E-state index is 0.465. The lowest BCUT2D eigenvalue weighted by molar-refractivity contribution is 0.469. The van der Waals surface area contributed by atoms with E-state index in [1.54, 1.807) is 0 Å². The maximum Gasteiger partial charge on any atom is 0.0104 e. The average molecular weight is 722 g/mol. The Morgan fingerprint density at radius 2 is 0.849 bits per heavy atom. The molecule has 1 N–H and O–H groups in total. The number of hydrogen-bond donors (Lipinski definition) is 1. The van der Waals surface area contributed by atoms with Crippen molar-refractivity contribution in [1.82, 2.24) is 5.32 Å². The number of aryl methyl sites for hydroxylation is 5. The molecular weight excluding hydrogens is 639 g/mol. The highest BCUT2D eigenvalue weighted by atomic mass is 14.9. The molecule has 4 rings (SSSR count). The second-order valence-electron chi connectivity index (χ2n) is 18.3. The maximum atomic E-state index is 3.56. The molecule has 53 heavy (non-hydrogen) atoms. The fourth-order valence-corrected chi connectivity index (χ4v) is 5.56. The molecule has 0 amide bonds. The molecule has 1 nitrogen and oxygen atoms in total. The van der Waals surface area contributed by atoms with Crippen LogP contribution in [0, 0.1) is 51.9 Å². The molecule has 0 aliphatic rings. The van der Waals surface area contributed by atoms with Crippen molar-refractivity contribution in [3.63, 3.8) is 0 Å². The van der Waals surface area contributed by atoms with Gasteiger partial charge in [0.25, 0.3) is 0 Å². The van der Waals surface area contributed by atoms with E-state index in [-0.39, 0.29) is 0 Å². The molecule has 0 aromatic heterocycles. The Hall–Kier alpha value is -3.16. The van der Waals surface area contributed by atoms with E-state index in [4.69, 9.17) is 0 Å². The van der Waals surface area contributed by atoms with Gasteiger partial charge in [-0.05, 0) is 105 Å². The van der Waals surface area contributed by atoms with Crippen molar-refractivity contribution in [1.29, 1.82) is 0 Å². The zero-order chi connectivity index (χ0) is 40.7. The van der Waals surface area contributed by atoms with Crippen molar-refractivity contribution in [2.75, 3.05) is 6.54 Å². The topological polar surface area (TPSA) is 12.0 Å². The van der Waals surface area contributed by atoms with Crippen LogP contribution in [-0.2, 0) is 0 Å². The summed E-state index contributed by atoms with van der Waals surface area (Å²) in [4.78, 5) is 0. The third kappa shape index (κ3) is 24.7. The van der Waals surface area contributed by atoms with Crippen LogP contribution in [0.25, 0.3) is 0 Å². The van der Waals surface area contributed by atoms with Gasteiger partial charge in [-0.25, -0.2) is 0 Å². The average Bonchev–Trinajstić information content (AvgIpc) is 3.04. The van der Waals surface area contributed by atoms with E-state index in [1.807, 2.05) is 0 Å². The van der Waals surface area contributed by atoms with Crippen LogP contribution < -0.4 is 5.32 Å². The van der Waals surface area contributed by atoms with Gasteiger partial charge in [-0.1, -0.05) is 204 Å². The first-order valence-electron chi connectivity index (χ1n) is 20.6. The van der Waals surface area contributed by atoms with Crippen LogP contribution in [0.3, 0.4) is 0 Å². The van der Waals surface area contributed by atoms with Gasteiger partial charge in [0.2, 0.25) is 0 Å². The number of hydrogen-bond acceptors (Lipinski definition) is 1. The van der Waals surface area contributed by atoms with Gasteiger partial charge in [0, 0.05) is 17.9 Å². The molecule has 4 aromatic carbocycles. The van der Waals surface area contributed by atoms with Crippen molar-refractivity contribution in [3.05, 3.63) is 141 Å². The second kappa shape index (κ2) is 26.6. The molecular formula is C52H83N. The second-order valence-corrected chi connectivity index (χ2v) is 18.3. The quantitative estimate of drug-likeness (QED) is 0.172. The normalized spacial score (nSPS) is 11.9. The van der Waals surface area contributed by atoms with E-state index in [0.717, 1.165) is 24.8 Å². The molecule has 0 aliphatic heterocycles. The molecule has 0 radical (unpaired) electrons. The van der Waals surface area contributed by atoms with E-state index in [2.05, 4.69) is 221 Å². The Balaban J connectivity index is 0.000000775. The largest absolute Gasteiger partial charge is 0.314 e. The van der Waals surface area contributed by atoms with Crippen molar-refractivity contribution in [3.8, 4) is 0 Å². The summed E-state index contributed by atoms with van der Waals surface area (Å²) in [6.45, 7) is 40.4. The molecule has 0 saturated heterocycles. The molecule has 0 bridgehead atoms. The highest BCUT2D eigenvalue weighted by Crippen LogP contribution is 2.32. The summed E-state index contributed by atoms with van der Waals surface area (Å²) >= 11 is 0.